The van der Waals surface area contributed by atoms with Gasteiger partial charge in [0.2, 0.25) is 17.7 Å². The lowest BCUT2D eigenvalue weighted by Gasteiger charge is -2.20. The van der Waals surface area contributed by atoms with E-state index >= 15 is 0 Å². The minimum atomic E-state index is -0.613. The molecule has 22 heavy (non-hydrogen) atoms. The molecule has 118 valence electrons. The summed E-state index contributed by atoms with van der Waals surface area (Å²) in [6, 6.07) is 4.52. The summed E-state index contributed by atoms with van der Waals surface area (Å²) >= 11 is 0. The van der Waals surface area contributed by atoms with Crippen LogP contribution in [0.4, 0.5) is 10.1 Å². The summed E-state index contributed by atoms with van der Waals surface area (Å²) in [6.45, 7) is 1.61. The Morgan fingerprint density at radius 3 is 2.73 bits per heavy atom. The van der Waals surface area contributed by atoms with E-state index < -0.39 is 17.6 Å². The highest BCUT2D eigenvalue weighted by Crippen LogP contribution is 2.27. The van der Waals surface area contributed by atoms with E-state index in [1.165, 1.54) is 22.9 Å². The normalized spacial score (nSPS) is 17.7. The summed E-state index contributed by atoms with van der Waals surface area (Å²) < 4.78 is 13.6. The van der Waals surface area contributed by atoms with Crippen molar-refractivity contribution in [1.82, 2.24) is 4.90 Å². The molecule has 1 aromatic rings. The van der Waals surface area contributed by atoms with Gasteiger partial charge in [0, 0.05) is 25.7 Å². The Hall–Kier alpha value is -2.44. The standard InChI is InChI=1S/C15H18FN3O3/c1-9-3-4-11(6-12(9)16)19-7-10(5-14(19)21)15(22)18(2)8-13(17)20/h3-4,6,10H,5,7-8H2,1-2H3,(H2,17,20). The Labute approximate surface area is 127 Å². The molecule has 1 unspecified atom stereocenters. The lowest BCUT2D eigenvalue weighted by atomic mass is 10.1. The molecule has 0 aromatic heterocycles. The molecule has 1 aliphatic rings. The van der Waals surface area contributed by atoms with E-state index in [0.717, 1.165) is 0 Å². The molecule has 6 nitrogen and oxygen atoms in total. The molecular weight excluding hydrogens is 289 g/mol. The molecule has 1 aromatic carbocycles. The highest BCUT2D eigenvalue weighted by molar-refractivity contribution is 6.00. The van der Waals surface area contributed by atoms with Crippen molar-refractivity contribution in [1.29, 1.82) is 0 Å². The second-order valence-corrected chi connectivity index (χ2v) is 5.50. The number of primary amides is 1. The highest BCUT2D eigenvalue weighted by atomic mass is 19.1. The van der Waals surface area contributed by atoms with Gasteiger partial charge in [-0.25, -0.2) is 4.39 Å². The second kappa shape index (κ2) is 6.13. The SMILES string of the molecule is Cc1ccc(N2CC(C(=O)N(C)CC(N)=O)CC2=O)cc1F. The van der Waals surface area contributed by atoms with E-state index in [0.29, 0.717) is 11.3 Å². The van der Waals surface area contributed by atoms with Gasteiger partial charge in [0.25, 0.3) is 0 Å². The highest BCUT2D eigenvalue weighted by Gasteiger charge is 2.36. The largest absolute Gasteiger partial charge is 0.368 e. The maximum Gasteiger partial charge on any atom is 0.237 e. The summed E-state index contributed by atoms with van der Waals surface area (Å²) in [5.74, 6) is -2.12. The van der Waals surface area contributed by atoms with Crippen LogP contribution >= 0.6 is 0 Å². The van der Waals surface area contributed by atoms with Gasteiger partial charge in [0.05, 0.1) is 12.5 Å². The molecule has 0 bridgehead atoms. The molecule has 1 atom stereocenters. The van der Waals surface area contributed by atoms with Gasteiger partial charge in [-0.2, -0.15) is 0 Å². The Morgan fingerprint density at radius 1 is 1.45 bits per heavy atom. The van der Waals surface area contributed by atoms with E-state index in [4.69, 9.17) is 5.73 Å². The molecule has 7 heteroatoms. The predicted octanol–water partition coefficient (Wildman–Crippen LogP) is 0.431. The zero-order chi connectivity index (χ0) is 16.4. The average Bonchev–Trinajstić information content (AvgIpc) is 2.82. The maximum atomic E-state index is 13.6. The number of anilines is 1. The van der Waals surface area contributed by atoms with Crippen molar-refractivity contribution in [2.45, 2.75) is 13.3 Å². The van der Waals surface area contributed by atoms with Gasteiger partial charge >= 0.3 is 0 Å². The first-order chi connectivity index (χ1) is 10.3. The number of benzene rings is 1. The number of nitrogens with zero attached hydrogens (tertiary/aromatic N) is 2. The topological polar surface area (TPSA) is 83.7 Å². The molecule has 1 heterocycles. The van der Waals surface area contributed by atoms with Gasteiger partial charge in [-0.1, -0.05) is 6.07 Å². The van der Waals surface area contributed by atoms with E-state index in [9.17, 15) is 18.8 Å². The van der Waals surface area contributed by atoms with Crippen LogP contribution in [0.15, 0.2) is 18.2 Å². The predicted molar refractivity (Wildman–Crippen MR) is 78.4 cm³/mol. The fraction of sp³-hybridized carbons (Fsp3) is 0.400. The van der Waals surface area contributed by atoms with E-state index in [2.05, 4.69) is 0 Å². The minimum absolute atomic E-state index is 0.0391. The first-order valence-electron chi connectivity index (χ1n) is 6.89. The zero-order valence-electron chi connectivity index (χ0n) is 12.5. The van der Waals surface area contributed by atoms with Crippen LogP contribution in [0.25, 0.3) is 0 Å². The third-order valence-corrected chi connectivity index (χ3v) is 3.71. The van der Waals surface area contributed by atoms with Crippen molar-refractivity contribution in [3.63, 3.8) is 0 Å². The monoisotopic (exact) mass is 307 g/mol. The van der Waals surface area contributed by atoms with Crippen molar-refractivity contribution < 1.29 is 18.8 Å². The van der Waals surface area contributed by atoms with Crippen LogP contribution in [-0.2, 0) is 14.4 Å². The van der Waals surface area contributed by atoms with Crippen molar-refractivity contribution in [3.8, 4) is 0 Å². The molecule has 3 amide bonds. The number of aryl methyl sites for hydroxylation is 1. The number of likely N-dealkylation sites (N-methyl/N-ethyl adjacent to an activating group) is 1. The van der Waals surface area contributed by atoms with E-state index in [-0.39, 0.29) is 31.3 Å². The Kier molecular flexibility index (Phi) is 4.44. The Balaban J connectivity index is 2.11. The molecule has 1 fully saturated rings. The third-order valence-electron chi connectivity index (χ3n) is 3.71. The van der Waals surface area contributed by atoms with Crippen molar-refractivity contribution in [3.05, 3.63) is 29.6 Å². The lowest BCUT2D eigenvalue weighted by Crippen LogP contribution is -2.39. The molecule has 2 N–H and O–H groups in total. The molecule has 1 saturated heterocycles. The van der Waals surface area contributed by atoms with Crippen molar-refractivity contribution in [2.75, 3.05) is 25.0 Å². The van der Waals surface area contributed by atoms with Crippen LogP contribution in [0, 0.1) is 18.7 Å². The van der Waals surface area contributed by atoms with Crippen LogP contribution in [0.2, 0.25) is 0 Å². The minimum Gasteiger partial charge on any atom is -0.368 e. The number of carbonyl (C=O) groups excluding carboxylic acids is 3. The van der Waals surface area contributed by atoms with E-state index in [1.54, 1.807) is 19.1 Å². The van der Waals surface area contributed by atoms with Gasteiger partial charge in [-0.3, -0.25) is 14.4 Å². The molecule has 0 radical (unpaired) electrons. The maximum absolute atomic E-state index is 13.6. The molecule has 0 saturated carbocycles. The number of amides is 3. The van der Waals surface area contributed by atoms with Gasteiger partial charge in [-0.15, -0.1) is 0 Å². The Bertz CT molecular complexity index is 632. The Morgan fingerprint density at radius 2 is 2.14 bits per heavy atom. The van der Waals surface area contributed by atoms with Crippen molar-refractivity contribution >= 4 is 23.4 Å². The summed E-state index contributed by atoms with van der Waals surface area (Å²) in [5.41, 5.74) is 5.98. The quantitative estimate of drug-likeness (QED) is 0.875. The fourth-order valence-electron chi connectivity index (χ4n) is 2.50. The molecule has 0 aliphatic carbocycles. The van der Waals surface area contributed by atoms with Crippen LogP contribution < -0.4 is 10.6 Å². The summed E-state index contributed by atoms with van der Waals surface area (Å²) in [7, 11) is 1.46. The number of nitrogens with two attached hydrogens (primary N) is 1. The van der Waals surface area contributed by atoms with Gasteiger partial charge in [-0.05, 0) is 24.6 Å². The smallest absolute Gasteiger partial charge is 0.237 e. The summed E-state index contributed by atoms with van der Waals surface area (Å²) in [6.07, 6.45) is 0.0391. The number of halogens is 1. The molecule has 0 spiro atoms. The van der Waals surface area contributed by atoms with Gasteiger partial charge in [0.1, 0.15) is 5.82 Å². The summed E-state index contributed by atoms with van der Waals surface area (Å²) in [4.78, 5) is 37.7. The second-order valence-electron chi connectivity index (χ2n) is 5.50. The fourth-order valence-corrected chi connectivity index (χ4v) is 2.50. The summed E-state index contributed by atoms with van der Waals surface area (Å²) in [5, 5.41) is 0. The van der Waals surface area contributed by atoms with Crippen LogP contribution in [0.5, 0.6) is 0 Å². The third kappa shape index (κ3) is 3.24. The number of carbonyl (C=O) groups is 3. The first kappa shape index (κ1) is 15.9. The molecule has 2 rings (SSSR count). The van der Waals surface area contributed by atoms with Crippen LogP contribution in [0.3, 0.4) is 0 Å². The van der Waals surface area contributed by atoms with Gasteiger partial charge in [0.15, 0.2) is 0 Å². The average molecular weight is 307 g/mol. The van der Waals surface area contributed by atoms with E-state index in [1.807, 2.05) is 0 Å². The van der Waals surface area contributed by atoms with Gasteiger partial charge < -0.3 is 15.5 Å². The number of rotatable bonds is 4. The van der Waals surface area contributed by atoms with Crippen molar-refractivity contribution in [2.24, 2.45) is 11.7 Å². The molecular formula is C15H18FN3O3. The van der Waals surface area contributed by atoms with Crippen LogP contribution in [0.1, 0.15) is 12.0 Å². The zero-order valence-corrected chi connectivity index (χ0v) is 12.5. The van der Waals surface area contributed by atoms with Crippen LogP contribution in [-0.4, -0.2) is 42.8 Å². The molecule has 1 aliphatic heterocycles. The first-order valence-corrected chi connectivity index (χ1v) is 6.89. The number of hydrogen-bond donors (Lipinski definition) is 1. The number of hydrogen-bond acceptors (Lipinski definition) is 3. The lowest BCUT2D eigenvalue weighted by molar-refractivity contribution is -0.137.